The monoisotopic (exact) mass is 248 g/mol. The molecule has 0 aliphatic carbocycles. The van der Waals surface area contributed by atoms with Crippen LogP contribution in [0.1, 0.15) is 38.4 Å². The number of ether oxygens (including phenoxy) is 3. The van der Waals surface area contributed by atoms with Gasteiger partial charge in [-0.15, -0.1) is 0 Å². The first kappa shape index (κ1) is 11.8. The maximum Gasteiger partial charge on any atom is 0.129 e. The third kappa shape index (κ3) is 1.69. The van der Waals surface area contributed by atoms with Gasteiger partial charge in [-0.3, -0.25) is 0 Å². The van der Waals surface area contributed by atoms with Crippen LogP contribution in [0.3, 0.4) is 0 Å². The smallest absolute Gasteiger partial charge is 0.129 e. The molecule has 18 heavy (non-hydrogen) atoms. The van der Waals surface area contributed by atoms with Crippen molar-refractivity contribution >= 4 is 0 Å². The number of fused-ring (bicyclic) bond motifs is 3. The van der Waals surface area contributed by atoms with Crippen LogP contribution in [0.2, 0.25) is 0 Å². The third-order valence-corrected chi connectivity index (χ3v) is 4.12. The molecule has 1 fully saturated rings. The summed E-state index contributed by atoms with van der Waals surface area (Å²) in [5.41, 5.74) is 0.911. The molecule has 3 heteroatoms. The Labute approximate surface area is 108 Å². The fraction of sp³-hybridized carbons (Fsp3) is 0.600. The minimum atomic E-state index is -0.176. The molecule has 0 radical (unpaired) electrons. The second-order valence-electron chi connectivity index (χ2n) is 5.62. The lowest BCUT2D eigenvalue weighted by molar-refractivity contribution is -0.117. The zero-order valence-electron chi connectivity index (χ0n) is 11.2. The zero-order valence-corrected chi connectivity index (χ0v) is 11.2. The summed E-state index contributed by atoms with van der Waals surface area (Å²) in [5, 5.41) is 0. The van der Waals surface area contributed by atoms with Gasteiger partial charge in [0.15, 0.2) is 0 Å². The summed E-state index contributed by atoms with van der Waals surface area (Å²) >= 11 is 0. The van der Waals surface area contributed by atoms with Gasteiger partial charge in [-0.1, -0.05) is 6.07 Å². The number of methoxy groups -OCH3 is 1. The van der Waals surface area contributed by atoms with Gasteiger partial charge in [0.1, 0.15) is 17.1 Å². The topological polar surface area (TPSA) is 27.7 Å². The molecule has 0 amide bonds. The maximum atomic E-state index is 6.17. The van der Waals surface area contributed by atoms with E-state index in [1.54, 1.807) is 7.11 Å². The first-order valence-corrected chi connectivity index (χ1v) is 6.61. The Hall–Kier alpha value is -1.22. The average Bonchev–Trinajstić information content (AvgIpc) is 2.37. The van der Waals surface area contributed by atoms with Crippen LogP contribution in [0.25, 0.3) is 0 Å². The van der Waals surface area contributed by atoms with Crippen LogP contribution in [0.5, 0.6) is 11.5 Å². The Bertz CT molecular complexity index is 453. The molecule has 0 spiro atoms. The van der Waals surface area contributed by atoms with Gasteiger partial charge in [-0.05, 0) is 38.8 Å². The molecule has 1 saturated heterocycles. The first-order chi connectivity index (χ1) is 8.63. The van der Waals surface area contributed by atoms with Gasteiger partial charge in [0.2, 0.25) is 0 Å². The van der Waals surface area contributed by atoms with Crippen molar-refractivity contribution in [2.75, 3.05) is 13.7 Å². The van der Waals surface area contributed by atoms with Gasteiger partial charge in [0, 0.05) is 12.5 Å². The Kier molecular flexibility index (Phi) is 2.74. The molecule has 0 bridgehead atoms. The highest BCUT2D eigenvalue weighted by molar-refractivity contribution is 5.48. The van der Waals surface area contributed by atoms with E-state index in [9.17, 15) is 0 Å². The lowest BCUT2D eigenvalue weighted by Crippen LogP contribution is -2.47. The minimum absolute atomic E-state index is 0.105. The molecule has 0 unspecified atom stereocenters. The van der Waals surface area contributed by atoms with Crippen molar-refractivity contribution in [2.45, 2.75) is 38.4 Å². The summed E-state index contributed by atoms with van der Waals surface area (Å²) in [6.45, 7) is 5.14. The maximum absolute atomic E-state index is 6.17. The first-order valence-electron chi connectivity index (χ1n) is 6.61. The minimum Gasteiger partial charge on any atom is -0.496 e. The molecule has 3 nitrogen and oxygen atoms in total. The van der Waals surface area contributed by atoms with E-state index in [4.69, 9.17) is 14.2 Å². The summed E-state index contributed by atoms with van der Waals surface area (Å²) in [4.78, 5) is 0. The zero-order chi connectivity index (χ0) is 12.8. The fourth-order valence-corrected chi connectivity index (χ4v) is 3.21. The standard InChI is InChI=1S/C15H20O3/c1-15(2)10-6-5-9-17-14(10)13-11(16-3)7-4-8-12(13)18-15/h4,7-8,10,14H,5-6,9H2,1-3H3/t10-,14-/m0/s1. The molecule has 98 valence electrons. The van der Waals surface area contributed by atoms with E-state index in [0.717, 1.165) is 36.5 Å². The van der Waals surface area contributed by atoms with Gasteiger partial charge >= 0.3 is 0 Å². The highest BCUT2D eigenvalue weighted by atomic mass is 16.5. The van der Waals surface area contributed by atoms with Gasteiger partial charge in [-0.25, -0.2) is 0 Å². The van der Waals surface area contributed by atoms with Crippen molar-refractivity contribution in [1.82, 2.24) is 0 Å². The van der Waals surface area contributed by atoms with E-state index >= 15 is 0 Å². The van der Waals surface area contributed by atoms with Crippen molar-refractivity contribution in [3.05, 3.63) is 23.8 Å². The Morgan fingerprint density at radius 3 is 2.94 bits per heavy atom. The van der Waals surface area contributed by atoms with E-state index in [2.05, 4.69) is 13.8 Å². The van der Waals surface area contributed by atoms with Gasteiger partial charge in [0.25, 0.3) is 0 Å². The normalized spacial score (nSPS) is 28.8. The van der Waals surface area contributed by atoms with Crippen molar-refractivity contribution < 1.29 is 14.2 Å². The van der Waals surface area contributed by atoms with Crippen LogP contribution in [0, 0.1) is 5.92 Å². The van der Waals surface area contributed by atoms with Crippen LogP contribution in [0.4, 0.5) is 0 Å². The Morgan fingerprint density at radius 2 is 2.17 bits per heavy atom. The predicted octanol–water partition coefficient (Wildman–Crippen LogP) is 3.33. The molecule has 2 aliphatic rings. The molecule has 1 aromatic carbocycles. The predicted molar refractivity (Wildman–Crippen MR) is 69.1 cm³/mol. The van der Waals surface area contributed by atoms with Gasteiger partial charge < -0.3 is 14.2 Å². The number of benzene rings is 1. The third-order valence-electron chi connectivity index (χ3n) is 4.12. The second kappa shape index (κ2) is 4.16. The lowest BCUT2D eigenvalue weighted by atomic mass is 9.76. The highest BCUT2D eigenvalue weighted by Gasteiger charge is 2.46. The summed E-state index contributed by atoms with van der Waals surface area (Å²) in [6.07, 6.45) is 2.36. The van der Waals surface area contributed by atoms with Crippen LogP contribution >= 0.6 is 0 Å². The molecule has 2 heterocycles. The Balaban J connectivity index is 2.12. The lowest BCUT2D eigenvalue weighted by Gasteiger charge is -2.47. The summed E-state index contributed by atoms with van der Waals surface area (Å²) in [5.74, 6) is 2.18. The number of rotatable bonds is 1. The van der Waals surface area contributed by atoms with Crippen molar-refractivity contribution in [1.29, 1.82) is 0 Å². The van der Waals surface area contributed by atoms with E-state index in [0.29, 0.717) is 5.92 Å². The summed E-state index contributed by atoms with van der Waals surface area (Å²) < 4.78 is 17.7. The van der Waals surface area contributed by atoms with E-state index in [1.165, 1.54) is 0 Å². The van der Waals surface area contributed by atoms with E-state index in [-0.39, 0.29) is 11.7 Å². The molecular formula is C15H20O3. The Morgan fingerprint density at radius 1 is 1.33 bits per heavy atom. The largest absolute Gasteiger partial charge is 0.496 e. The van der Waals surface area contributed by atoms with Crippen molar-refractivity contribution in [2.24, 2.45) is 5.92 Å². The van der Waals surface area contributed by atoms with Crippen LogP contribution in [0.15, 0.2) is 18.2 Å². The molecule has 1 aromatic rings. The SMILES string of the molecule is COc1cccc2c1[C@H]1OCCC[C@@H]1C(C)(C)O2. The molecule has 0 aromatic heterocycles. The summed E-state index contributed by atoms with van der Waals surface area (Å²) in [7, 11) is 1.70. The van der Waals surface area contributed by atoms with Crippen molar-refractivity contribution in [3.63, 3.8) is 0 Å². The van der Waals surface area contributed by atoms with E-state index in [1.807, 2.05) is 18.2 Å². The molecule has 3 rings (SSSR count). The number of hydrogen-bond acceptors (Lipinski definition) is 3. The quantitative estimate of drug-likeness (QED) is 0.763. The molecule has 0 N–H and O–H groups in total. The van der Waals surface area contributed by atoms with Gasteiger partial charge in [-0.2, -0.15) is 0 Å². The summed E-state index contributed by atoms with van der Waals surface area (Å²) in [6, 6.07) is 5.96. The van der Waals surface area contributed by atoms with E-state index < -0.39 is 0 Å². The molecule has 2 aliphatic heterocycles. The highest BCUT2D eigenvalue weighted by Crippen LogP contribution is 2.52. The van der Waals surface area contributed by atoms with Crippen LogP contribution < -0.4 is 9.47 Å². The van der Waals surface area contributed by atoms with Gasteiger partial charge in [0.05, 0.1) is 18.8 Å². The fourth-order valence-electron chi connectivity index (χ4n) is 3.21. The molecular weight excluding hydrogens is 228 g/mol. The van der Waals surface area contributed by atoms with Crippen molar-refractivity contribution in [3.8, 4) is 11.5 Å². The number of hydrogen-bond donors (Lipinski definition) is 0. The van der Waals surface area contributed by atoms with Crippen LogP contribution in [-0.4, -0.2) is 19.3 Å². The van der Waals surface area contributed by atoms with Crippen LogP contribution in [-0.2, 0) is 4.74 Å². The average molecular weight is 248 g/mol. The molecule has 0 saturated carbocycles. The second-order valence-corrected chi connectivity index (χ2v) is 5.62. The molecule has 2 atom stereocenters.